The van der Waals surface area contributed by atoms with Gasteiger partial charge in [-0.05, 0) is 59.4 Å². The molecule has 0 bridgehead atoms. The van der Waals surface area contributed by atoms with Gasteiger partial charge in [0.1, 0.15) is 0 Å². The number of hydrogen-bond donors (Lipinski definition) is 2. The van der Waals surface area contributed by atoms with Gasteiger partial charge in [0, 0.05) is 45.3 Å². The van der Waals surface area contributed by atoms with Crippen LogP contribution in [0.15, 0.2) is 169 Å². The lowest BCUT2D eigenvalue weighted by Crippen LogP contribution is -2.72. The number of fused-ring (bicyclic) bond motifs is 3. The molecule has 6 heteroatoms. The van der Waals surface area contributed by atoms with Crippen LogP contribution in [0.2, 0.25) is 0 Å². The Morgan fingerprint density at radius 2 is 1.26 bits per heavy atom. The van der Waals surface area contributed by atoms with Gasteiger partial charge in [0.2, 0.25) is 0 Å². The molecule has 0 saturated carbocycles. The second kappa shape index (κ2) is 14.3. The van der Waals surface area contributed by atoms with Crippen LogP contribution in [-0.4, -0.2) is 26.4 Å². The molecule has 0 saturated heterocycles. The maximum Gasteiger partial charge on any atom is 0.160 e. The number of quaternary nitrogens is 1. The minimum Gasteiger partial charge on any atom is -0.298 e. The lowest BCUT2D eigenvalue weighted by molar-refractivity contribution is -0.577. The third-order valence-electron chi connectivity index (χ3n) is 9.96. The van der Waals surface area contributed by atoms with Crippen molar-refractivity contribution >= 4 is 39.7 Å². The van der Waals surface area contributed by atoms with Crippen LogP contribution in [-0.2, 0) is 0 Å². The minimum absolute atomic E-state index is 0.374. The summed E-state index contributed by atoms with van der Waals surface area (Å²) in [5.41, 5.74) is 15.6. The van der Waals surface area contributed by atoms with Crippen molar-refractivity contribution < 1.29 is 5.43 Å². The Hall–Kier alpha value is -6.89. The number of nitrogens with one attached hydrogen (secondary N) is 1. The molecule has 3 N–H and O–H groups in total. The summed E-state index contributed by atoms with van der Waals surface area (Å²) in [6, 6.07) is 47.5. The number of nitrogens with two attached hydrogens (primary N) is 1. The smallest absolute Gasteiger partial charge is 0.160 e. The second-order valence-electron chi connectivity index (χ2n) is 13.8. The van der Waals surface area contributed by atoms with Gasteiger partial charge in [-0.1, -0.05) is 139 Å². The summed E-state index contributed by atoms with van der Waals surface area (Å²) in [5, 5.41) is 15.0. The Kier molecular flexibility index (Phi) is 8.71. The molecule has 54 heavy (non-hydrogen) atoms. The van der Waals surface area contributed by atoms with Gasteiger partial charge in [0.25, 0.3) is 0 Å². The van der Waals surface area contributed by atoms with Crippen molar-refractivity contribution in [1.82, 2.24) is 15.0 Å². The van der Waals surface area contributed by atoms with E-state index >= 15 is 0 Å². The lowest BCUT2D eigenvalue weighted by Gasteiger charge is -2.21. The molecule has 2 aromatic heterocycles. The van der Waals surface area contributed by atoms with Crippen LogP contribution >= 0.6 is 0 Å². The fourth-order valence-corrected chi connectivity index (χ4v) is 7.19. The molecule has 2 aliphatic rings. The average molecular weight is 698 g/mol. The summed E-state index contributed by atoms with van der Waals surface area (Å²) in [7, 11) is 0. The van der Waals surface area contributed by atoms with Gasteiger partial charge < -0.3 is 0 Å². The number of allylic oxidation sites excluding steroid dienone is 5. The second-order valence-corrected chi connectivity index (χ2v) is 13.8. The third kappa shape index (κ3) is 6.51. The third-order valence-corrected chi connectivity index (χ3v) is 9.96. The predicted octanol–water partition coefficient (Wildman–Crippen LogP) is 10.3. The first-order chi connectivity index (χ1) is 26.6. The van der Waals surface area contributed by atoms with Crippen molar-refractivity contribution in [2.45, 2.75) is 13.3 Å². The Bertz CT molecular complexity index is 2600. The van der Waals surface area contributed by atoms with Crippen LogP contribution in [0.1, 0.15) is 30.2 Å². The quantitative estimate of drug-likeness (QED) is 0.0987. The van der Waals surface area contributed by atoms with E-state index in [0.717, 1.165) is 84.6 Å². The van der Waals surface area contributed by atoms with Gasteiger partial charge in [0.05, 0.1) is 28.3 Å². The van der Waals surface area contributed by atoms with Crippen molar-refractivity contribution in [3.63, 3.8) is 0 Å². The zero-order valence-corrected chi connectivity index (χ0v) is 29.8. The summed E-state index contributed by atoms with van der Waals surface area (Å²) < 4.78 is 0. The highest BCUT2D eigenvalue weighted by Crippen LogP contribution is 2.37. The fraction of sp³-hybridized carbons (Fsp3) is 0.0625. The Morgan fingerprint density at radius 3 is 1.96 bits per heavy atom. The molecule has 5 aromatic carbocycles. The van der Waals surface area contributed by atoms with Crippen LogP contribution in [0.5, 0.6) is 0 Å². The van der Waals surface area contributed by atoms with E-state index in [1.54, 1.807) is 0 Å². The molecule has 258 valence electrons. The summed E-state index contributed by atoms with van der Waals surface area (Å²) in [5.74, 6) is 1.11. The summed E-state index contributed by atoms with van der Waals surface area (Å²) >= 11 is 0. The molecule has 0 radical (unpaired) electrons. The first kappa shape index (κ1) is 33.0. The Morgan fingerprint density at radius 1 is 0.630 bits per heavy atom. The normalized spacial score (nSPS) is 15.7. The Balaban J connectivity index is 1.15. The van der Waals surface area contributed by atoms with Gasteiger partial charge in [-0.15, -0.1) is 0 Å². The van der Waals surface area contributed by atoms with E-state index < -0.39 is 0 Å². The van der Waals surface area contributed by atoms with Gasteiger partial charge in [-0.2, -0.15) is 5.43 Å². The fourth-order valence-electron chi connectivity index (χ4n) is 7.19. The molecular formula is C48H37N6+. The molecule has 0 aliphatic heterocycles. The molecule has 1 unspecified atom stereocenters. The van der Waals surface area contributed by atoms with Gasteiger partial charge >= 0.3 is 0 Å². The van der Waals surface area contributed by atoms with Crippen molar-refractivity contribution in [3.05, 3.63) is 181 Å². The molecular weight excluding hydrogens is 661 g/mol. The van der Waals surface area contributed by atoms with Gasteiger partial charge in [-0.25, -0.2) is 15.0 Å². The van der Waals surface area contributed by atoms with Gasteiger partial charge in [-0.3, -0.25) is 5.41 Å². The zero-order valence-electron chi connectivity index (χ0n) is 29.8. The number of nitrogens with zero attached hydrogens (tertiary/aromatic N) is 4. The highest BCUT2D eigenvalue weighted by atomic mass is 15.3. The molecule has 0 amide bonds. The molecule has 6 nitrogen and oxygen atoms in total. The van der Waals surface area contributed by atoms with Crippen LogP contribution in [0, 0.1) is 11.3 Å². The van der Waals surface area contributed by atoms with E-state index in [1.165, 1.54) is 0 Å². The summed E-state index contributed by atoms with van der Waals surface area (Å²) in [6.07, 6.45) is 11.6. The number of rotatable bonds is 7. The topological polar surface area (TPSA) is 91.5 Å². The molecule has 2 aliphatic carbocycles. The molecule has 0 spiro atoms. The van der Waals surface area contributed by atoms with Crippen molar-refractivity contribution in [1.29, 1.82) is 5.41 Å². The highest BCUT2D eigenvalue weighted by molar-refractivity contribution is 6.54. The monoisotopic (exact) mass is 697 g/mol. The van der Waals surface area contributed by atoms with Crippen molar-refractivity contribution in [2.75, 3.05) is 0 Å². The van der Waals surface area contributed by atoms with Crippen LogP contribution in [0.25, 0.3) is 67.6 Å². The maximum absolute atomic E-state index is 9.03. The maximum atomic E-state index is 9.03. The van der Waals surface area contributed by atoms with E-state index in [4.69, 9.17) is 25.5 Å². The first-order valence-electron chi connectivity index (χ1n) is 18.3. The highest BCUT2D eigenvalue weighted by Gasteiger charge is 2.26. The lowest BCUT2D eigenvalue weighted by atomic mass is 9.85. The van der Waals surface area contributed by atoms with Crippen LogP contribution in [0.3, 0.4) is 0 Å². The van der Waals surface area contributed by atoms with E-state index in [-0.39, 0.29) is 0 Å². The summed E-state index contributed by atoms with van der Waals surface area (Å²) in [4.78, 5) is 15.2. The van der Waals surface area contributed by atoms with Gasteiger partial charge in [0.15, 0.2) is 17.2 Å². The van der Waals surface area contributed by atoms with E-state index in [2.05, 4.69) is 85.8 Å². The van der Waals surface area contributed by atoms with E-state index in [1.807, 2.05) is 96.4 Å². The SMILES string of the molecule is CC1C=C(c2nc3ccc(-c4ccc(-c5cc(-c6ccccc6)nc(-c6ccccc6)n5)cc4)cc3c3c2C=CC(=N)C3=N[NH2+]c2ccccc2)C=CC1. The molecule has 9 rings (SSSR count). The summed E-state index contributed by atoms with van der Waals surface area (Å²) in [6.45, 7) is 2.23. The number of pyridine rings is 1. The molecule has 2 heterocycles. The van der Waals surface area contributed by atoms with E-state index in [9.17, 15) is 0 Å². The van der Waals surface area contributed by atoms with Crippen molar-refractivity contribution in [3.8, 4) is 45.0 Å². The number of aromatic nitrogens is 3. The Labute approximate surface area is 314 Å². The first-order valence-corrected chi connectivity index (χ1v) is 18.3. The number of hydrogen-bond acceptors (Lipinski definition) is 5. The zero-order chi connectivity index (χ0) is 36.4. The van der Waals surface area contributed by atoms with Crippen LogP contribution in [0.4, 0.5) is 5.69 Å². The molecule has 1 atom stereocenters. The minimum atomic E-state index is 0.374. The predicted molar refractivity (Wildman–Crippen MR) is 221 cm³/mol. The largest absolute Gasteiger partial charge is 0.298 e. The van der Waals surface area contributed by atoms with Crippen LogP contribution < -0.4 is 5.43 Å². The average Bonchev–Trinajstić information content (AvgIpc) is 3.23. The van der Waals surface area contributed by atoms with Crippen molar-refractivity contribution in [2.24, 2.45) is 11.0 Å². The molecule has 7 aromatic rings. The standard InChI is InChI=1S/C48H36N6/c1-31-12-11-17-37(28-31)46-39-25-26-41(49)47(54-53-38-18-9-4-10-19-38)45(39)40-29-36(24-27-42(40)50-46)32-20-22-34(23-21-32)44-30-43(33-13-5-2-6-14-33)51-48(52-44)35-15-7-3-8-16-35/h2-11,13-31,49,53H,12H2,1H3/p+1. The number of benzene rings is 5. The van der Waals surface area contributed by atoms with E-state index in [0.29, 0.717) is 23.2 Å². The molecule has 0 fully saturated rings.